The molecule has 1 aliphatic heterocycles. The molecule has 1 aromatic heterocycles. The summed E-state index contributed by atoms with van der Waals surface area (Å²) in [6.07, 6.45) is 8.04. The van der Waals surface area contributed by atoms with Crippen LogP contribution in [0.15, 0.2) is 17.2 Å². The molecule has 1 N–H and O–H groups in total. The third kappa shape index (κ3) is 3.20. The summed E-state index contributed by atoms with van der Waals surface area (Å²) in [7, 11) is 1.78. The second-order valence-electron chi connectivity index (χ2n) is 5.67. The molecule has 112 valence electrons. The molecule has 0 bridgehead atoms. The molecule has 0 aromatic carbocycles. The summed E-state index contributed by atoms with van der Waals surface area (Å²) in [6.45, 7) is 6.33. The minimum atomic E-state index is 0.00194. The van der Waals surface area contributed by atoms with Crippen molar-refractivity contribution in [2.24, 2.45) is 7.05 Å². The maximum absolute atomic E-state index is 12.3. The maximum atomic E-state index is 12.3. The fourth-order valence-electron chi connectivity index (χ4n) is 2.93. The molecule has 5 heteroatoms. The number of hydrogen-bond donors (Lipinski definition) is 1. The van der Waals surface area contributed by atoms with Crippen LogP contribution in [-0.2, 0) is 7.05 Å². The first-order chi connectivity index (χ1) is 9.65. The van der Waals surface area contributed by atoms with Gasteiger partial charge in [0.2, 0.25) is 0 Å². The van der Waals surface area contributed by atoms with E-state index in [1.54, 1.807) is 24.0 Å². The highest BCUT2D eigenvalue weighted by Gasteiger charge is 2.29. The molecule has 0 radical (unpaired) electrons. The molecule has 20 heavy (non-hydrogen) atoms. The molecular weight excluding hydrogens is 252 g/mol. The molecule has 2 heterocycles. The Morgan fingerprint density at radius 3 is 3.05 bits per heavy atom. The fraction of sp³-hybridized carbons (Fsp3) is 0.733. The third-order valence-electron chi connectivity index (χ3n) is 4.11. The van der Waals surface area contributed by atoms with Gasteiger partial charge >= 0.3 is 0 Å². The average molecular weight is 278 g/mol. The number of piperidine rings is 1. The molecule has 1 aromatic rings. The highest BCUT2D eigenvalue weighted by Crippen LogP contribution is 2.23. The smallest absolute Gasteiger partial charge is 0.293 e. The van der Waals surface area contributed by atoms with E-state index < -0.39 is 0 Å². The standard InChI is InChI=1S/C15H26N4O/c1-4-8-16-12(2)13-7-5-6-10-19(13)14-15(20)18(3)11-9-17-14/h9,11-13,16H,4-8,10H2,1-3H3. The predicted octanol–water partition coefficient (Wildman–Crippen LogP) is 1.53. The van der Waals surface area contributed by atoms with Gasteiger partial charge in [-0.2, -0.15) is 0 Å². The lowest BCUT2D eigenvalue weighted by Crippen LogP contribution is -2.53. The van der Waals surface area contributed by atoms with E-state index >= 15 is 0 Å². The monoisotopic (exact) mass is 278 g/mol. The predicted molar refractivity (Wildman–Crippen MR) is 82.2 cm³/mol. The molecule has 1 fully saturated rings. The molecule has 1 aliphatic rings. The first kappa shape index (κ1) is 15.0. The quantitative estimate of drug-likeness (QED) is 0.887. The highest BCUT2D eigenvalue weighted by molar-refractivity contribution is 5.38. The molecule has 0 amide bonds. The van der Waals surface area contributed by atoms with E-state index in [0.717, 1.165) is 32.4 Å². The van der Waals surface area contributed by atoms with E-state index in [-0.39, 0.29) is 5.56 Å². The van der Waals surface area contributed by atoms with Gasteiger partial charge in [0.05, 0.1) is 0 Å². The van der Waals surface area contributed by atoms with Crippen LogP contribution in [0.1, 0.15) is 39.5 Å². The van der Waals surface area contributed by atoms with Crippen molar-refractivity contribution in [3.63, 3.8) is 0 Å². The van der Waals surface area contributed by atoms with Crippen LogP contribution in [-0.4, -0.2) is 34.7 Å². The van der Waals surface area contributed by atoms with E-state index in [0.29, 0.717) is 17.9 Å². The highest BCUT2D eigenvalue weighted by atomic mass is 16.1. The Morgan fingerprint density at radius 2 is 2.30 bits per heavy atom. The second kappa shape index (κ2) is 6.88. The molecule has 2 unspecified atom stereocenters. The molecule has 1 saturated heterocycles. The molecule has 0 aliphatic carbocycles. The van der Waals surface area contributed by atoms with Crippen molar-refractivity contribution in [2.45, 2.75) is 51.6 Å². The lowest BCUT2D eigenvalue weighted by atomic mass is 9.96. The van der Waals surface area contributed by atoms with Gasteiger partial charge in [-0.25, -0.2) is 4.98 Å². The van der Waals surface area contributed by atoms with Gasteiger partial charge in [0.1, 0.15) is 0 Å². The van der Waals surface area contributed by atoms with Crippen molar-refractivity contribution in [1.82, 2.24) is 14.9 Å². The topological polar surface area (TPSA) is 50.2 Å². The van der Waals surface area contributed by atoms with Crippen molar-refractivity contribution < 1.29 is 0 Å². The molecule has 5 nitrogen and oxygen atoms in total. The first-order valence-electron chi connectivity index (χ1n) is 7.66. The van der Waals surface area contributed by atoms with Gasteiger partial charge in [0, 0.05) is 38.1 Å². The second-order valence-corrected chi connectivity index (χ2v) is 5.67. The molecule has 2 rings (SSSR count). The number of hydrogen-bond acceptors (Lipinski definition) is 4. The number of nitrogens with one attached hydrogen (secondary N) is 1. The Morgan fingerprint density at radius 1 is 1.50 bits per heavy atom. The Hall–Kier alpha value is -1.36. The van der Waals surface area contributed by atoms with E-state index in [1.165, 1.54) is 6.42 Å². The van der Waals surface area contributed by atoms with Crippen LogP contribution in [0.2, 0.25) is 0 Å². The maximum Gasteiger partial charge on any atom is 0.293 e. The van der Waals surface area contributed by atoms with Crippen molar-refractivity contribution in [3.8, 4) is 0 Å². The van der Waals surface area contributed by atoms with Crippen LogP contribution in [0.4, 0.5) is 5.82 Å². The molecular formula is C15H26N4O. The summed E-state index contributed by atoms with van der Waals surface area (Å²) < 4.78 is 1.61. The zero-order chi connectivity index (χ0) is 14.5. The van der Waals surface area contributed by atoms with Crippen LogP contribution < -0.4 is 15.8 Å². The largest absolute Gasteiger partial charge is 0.347 e. The van der Waals surface area contributed by atoms with Crippen molar-refractivity contribution in [1.29, 1.82) is 0 Å². The van der Waals surface area contributed by atoms with Crippen LogP contribution in [0, 0.1) is 0 Å². The minimum Gasteiger partial charge on any atom is -0.347 e. The molecule has 0 spiro atoms. The Kier molecular flexibility index (Phi) is 5.17. The van der Waals surface area contributed by atoms with E-state index in [2.05, 4.69) is 29.0 Å². The van der Waals surface area contributed by atoms with Crippen LogP contribution in [0.25, 0.3) is 0 Å². The fourth-order valence-corrected chi connectivity index (χ4v) is 2.93. The normalized spacial score (nSPS) is 20.9. The number of aromatic nitrogens is 2. The van der Waals surface area contributed by atoms with Gasteiger partial charge in [-0.15, -0.1) is 0 Å². The Labute approximate surface area is 121 Å². The van der Waals surface area contributed by atoms with Gasteiger partial charge in [-0.05, 0) is 39.2 Å². The van der Waals surface area contributed by atoms with Gasteiger partial charge in [-0.3, -0.25) is 4.79 Å². The van der Waals surface area contributed by atoms with Crippen molar-refractivity contribution in [2.75, 3.05) is 18.0 Å². The number of rotatable bonds is 5. The van der Waals surface area contributed by atoms with E-state index in [4.69, 9.17) is 0 Å². The number of aryl methyl sites for hydroxylation is 1. The summed E-state index contributed by atoms with van der Waals surface area (Å²) in [5.41, 5.74) is 0.00194. The number of anilines is 1. The van der Waals surface area contributed by atoms with Crippen LogP contribution >= 0.6 is 0 Å². The van der Waals surface area contributed by atoms with Gasteiger partial charge < -0.3 is 14.8 Å². The summed E-state index contributed by atoms with van der Waals surface area (Å²) in [5, 5.41) is 3.56. The summed E-state index contributed by atoms with van der Waals surface area (Å²) in [6, 6.07) is 0.736. The van der Waals surface area contributed by atoms with Gasteiger partial charge in [-0.1, -0.05) is 6.92 Å². The summed E-state index contributed by atoms with van der Waals surface area (Å²) in [5.74, 6) is 0.602. The Balaban J connectivity index is 2.22. The summed E-state index contributed by atoms with van der Waals surface area (Å²) in [4.78, 5) is 18.8. The zero-order valence-electron chi connectivity index (χ0n) is 12.8. The minimum absolute atomic E-state index is 0.00194. The lowest BCUT2D eigenvalue weighted by molar-refractivity contribution is 0.365. The zero-order valence-corrected chi connectivity index (χ0v) is 12.8. The van der Waals surface area contributed by atoms with Crippen LogP contribution in [0.5, 0.6) is 0 Å². The third-order valence-corrected chi connectivity index (χ3v) is 4.11. The van der Waals surface area contributed by atoms with E-state index in [1.807, 2.05) is 0 Å². The van der Waals surface area contributed by atoms with Crippen molar-refractivity contribution >= 4 is 5.82 Å². The molecule has 2 atom stereocenters. The SMILES string of the molecule is CCCNC(C)C1CCCCN1c1nccn(C)c1=O. The summed E-state index contributed by atoms with van der Waals surface area (Å²) >= 11 is 0. The van der Waals surface area contributed by atoms with Crippen LogP contribution in [0.3, 0.4) is 0 Å². The first-order valence-corrected chi connectivity index (χ1v) is 7.66. The van der Waals surface area contributed by atoms with Gasteiger partial charge in [0.25, 0.3) is 5.56 Å². The lowest BCUT2D eigenvalue weighted by Gasteiger charge is -2.40. The van der Waals surface area contributed by atoms with Gasteiger partial charge in [0.15, 0.2) is 5.82 Å². The van der Waals surface area contributed by atoms with Crippen molar-refractivity contribution in [3.05, 3.63) is 22.7 Å². The average Bonchev–Trinajstić information content (AvgIpc) is 2.47. The molecule has 0 saturated carbocycles. The van der Waals surface area contributed by atoms with E-state index in [9.17, 15) is 4.79 Å². The Bertz CT molecular complexity index is 485. The number of nitrogens with zero attached hydrogens (tertiary/aromatic N) is 3.